The van der Waals surface area contributed by atoms with E-state index in [1.54, 1.807) is 17.3 Å². The van der Waals surface area contributed by atoms with Crippen molar-refractivity contribution in [2.24, 2.45) is 5.92 Å². The van der Waals surface area contributed by atoms with Crippen molar-refractivity contribution in [2.75, 3.05) is 18.0 Å². The Morgan fingerprint density at radius 3 is 2.43 bits per heavy atom. The quantitative estimate of drug-likeness (QED) is 0.722. The molecule has 0 atom stereocenters. The number of aromatic nitrogens is 2. The first kappa shape index (κ1) is 9.30. The molecule has 0 radical (unpaired) electrons. The number of anilines is 1. The van der Waals surface area contributed by atoms with Crippen molar-refractivity contribution in [3.05, 3.63) is 18.0 Å². The molecule has 76 valence electrons. The number of halogens is 2. The first-order chi connectivity index (χ1) is 6.66. The fraction of sp³-hybridized carbons (Fsp3) is 0.556. The highest BCUT2D eigenvalue weighted by Crippen LogP contribution is 2.25. The predicted octanol–water partition coefficient (Wildman–Crippen LogP) is 1.49. The van der Waals surface area contributed by atoms with E-state index in [0.717, 1.165) is 5.56 Å². The molecule has 1 aromatic heterocycles. The van der Waals surface area contributed by atoms with Gasteiger partial charge in [0.1, 0.15) is 0 Å². The van der Waals surface area contributed by atoms with Crippen molar-refractivity contribution >= 4 is 5.95 Å². The molecule has 0 unspecified atom stereocenters. The lowest BCUT2D eigenvalue weighted by Gasteiger charge is -2.38. The Labute approximate surface area is 80.8 Å². The summed E-state index contributed by atoms with van der Waals surface area (Å²) in [5.41, 5.74) is 0.972. The largest absolute Gasteiger partial charge is 0.340 e. The highest BCUT2D eigenvalue weighted by atomic mass is 19.3. The van der Waals surface area contributed by atoms with Gasteiger partial charge in [0.05, 0.1) is 5.92 Å². The fourth-order valence-corrected chi connectivity index (χ4v) is 1.38. The second kappa shape index (κ2) is 3.48. The molecule has 0 aliphatic carbocycles. The zero-order valence-electron chi connectivity index (χ0n) is 7.82. The monoisotopic (exact) mass is 199 g/mol. The summed E-state index contributed by atoms with van der Waals surface area (Å²) >= 11 is 0. The molecule has 0 spiro atoms. The van der Waals surface area contributed by atoms with E-state index < -0.39 is 12.3 Å². The van der Waals surface area contributed by atoms with Crippen LogP contribution < -0.4 is 4.90 Å². The molecule has 0 aromatic carbocycles. The van der Waals surface area contributed by atoms with Gasteiger partial charge in [-0.15, -0.1) is 0 Å². The van der Waals surface area contributed by atoms with Gasteiger partial charge >= 0.3 is 0 Å². The summed E-state index contributed by atoms with van der Waals surface area (Å²) in [4.78, 5) is 9.89. The van der Waals surface area contributed by atoms with Crippen LogP contribution in [0, 0.1) is 12.8 Å². The maximum Gasteiger partial charge on any atom is 0.244 e. The van der Waals surface area contributed by atoms with Crippen molar-refractivity contribution in [2.45, 2.75) is 13.3 Å². The van der Waals surface area contributed by atoms with E-state index >= 15 is 0 Å². The smallest absolute Gasteiger partial charge is 0.244 e. The number of hydrogen-bond donors (Lipinski definition) is 0. The number of rotatable bonds is 2. The van der Waals surface area contributed by atoms with Crippen LogP contribution in [0.3, 0.4) is 0 Å². The normalized spacial score (nSPS) is 17.3. The van der Waals surface area contributed by atoms with Gasteiger partial charge in [-0.25, -0.2) is 18.7 Å². The van der Waals surface area contributed by atoms with E-state index in [1.807, 2.05) is 6.92 Å². The lowest BCUT2D eigenvalue weighted by molar-refractivity contribution is 0.0608. The zero-order chi connectivity index (χ0) is 10.1. The summed E-state index contributed by atoms with van der Waals surface area (Å²) in [7, 11) is 0. The third-order valence-corrected chi connectivity index (χ3v) is 2.32. The van der Waals surface area contributed by atoms with E-state index in [4.69, 9.17) is 0 Å². The number of hydrogen-bond acceptors (Lipinski definition) is 3. The third-order valence-electron chi connectivity index (χ3n) is 2.32. The Morgan fingerprint density at radius 2 is 1.93 bits per heavy atom. The van der Waals surface area contributed by atoms with Gasteiger partial charge in [0.2, 0.25) is 12.4 Å². The van der Waals surface area contributed by atoms with Crippen LogP contribution in [-0.4, -0.2) is 29.5 Å². The molecular formula is C9H11F2N3. The van der Waals surface area contributed by atoms with E-state index in [0.29, 0.717) is 19.0 Å². The highest BCUT2D eigenvalue weighted by molar-refractivity contribution is 5.34. The topological polar surface area (TPSA) is 29.0 Å². The molecule has 2 rings (SSSR count). The van der Waals surface area contributed by atoms with E-state index in [9.17, 15) is 8.78 Å². The van der Waals surface area contributed by atoms with Crippen molar-refractivity contribution in [1.29, 1.82) is 0 Å². The Bertz CT molecular complexity index is 306. The summed E-state index contributed by atoms with van der Waals surface area (Å²) in [5.74, 6) is 0.0346. The van der Waals surface area contributed by atoms with Crippen LogP contribution in [0.1, 0.15) is 5.56 Å². The minimum absolute atomic E-state index is 0.362. The van der Waals surface area contributed by atoms with Crippen LogP contribution in [0.4, 0.5) is 14.7 Å². The van der Waals surface area contributed by atoms with E-state index in [-0.39, 0.29) is 0 Å². The molecule has 1 aromatic rings. The molecule has 0 bridgehead atoms. The molecule has 2 heterocycles. The SMILES string of the molecule is Cc1cnc(N2CC(C(F)F)C2)nc1. The lowest BCUT2D eigenvalue weighted by Crippen LogP contribution is -2.50. The standard InChI is InChI=1S/C9H11F2N3/c1-6-2-12-9(13-3-6)14-4-7(5-14)8(10)11/h2-3,7-8H,4-5H2,1H3. The van der Waals surface area contributed by atoms with Gasteiger partial charge in [-0.2, -0.15) is 0 Å². The Kier molecular flexibility index (Phi) is 2.31. The summed E-state index contributed by atoms with van der Waals surface area (Å²) in [6.07, 6.45) is 1.16. The predicted molar refractivity (Wildman–Crippen MR) is 48.5 cm³/mol. The minimum atomic E-state index is -2.23. The Hall–Kier alpha value is -1.26. The molecule has 3 nitrogen and oxygen atoms in total. The van der Waals surface area contributed by atoms with Crippen molar-refractivity contribution in [1.82, 2.24) is 9.97 Å². The van der Waals surface area contributed by atoms with E-state index in [2.05, 4.69) is 9.97 Å². The number of alkyl halides is 2. The molecule has 1 aliphatic heterocycles. The van der Waals surface area contributed by atoms with Crippen LogP contribution in [0.2, 0.25) is 0 Å². The van der Waals surface area contributed by atoms with Crippen molar-refractivity contribution < 1.29 is 8.78 Å². The highest BCUT2D eigenvalue weighted by Gasteiger charge is 2.35. The van der Waals surface area contributed by atoms with Crippen LogP contribution in [0.15, 0.2) is 12.4 Å². The molecule has 1 saturated heterocycles. The van der Waals surface area contributed by atoms with Crippen LogP contribution in [0.25, 0.3) is 0 Å². The lowest BCUT2D eigenvalue weighted by atomic mass is 10.0. The second-order valence-electron chi connectivity index (χ2n) is 3.56. The molecule has 5 heteroatoms. The van der Waals surface area contributed by atoms with Gasteiger partial charge in [0, 0.05) is 25.5 Å². The molecular weight excluding hydrogens is 188 g/mol. The average molecular weight is 199 g/mol. The van der Waals surface area contributed by atoms with Crippen LogP contribution >= 0.6 is 0 Å². The summed E-state index contributed by atoms with van der Waals surface area (Å²) in [6, 6.07) is 0. The summed E-state index contributed by atoms with van der Waals surface area (Å²) in [6.45, 7) is 2.61. The van der Waals surface area contributed by atoms with Crippen molar-refractivity contribution in [3.63, 3.8) is 0 Å². The van der Waals surface area contributed by atoms with Gasteiger partial charge in [0.15, 0.2) is 0 Å². The Balaban J connectivity index is 1.96. The third kappa shape index (κ3) is 1.66. The fourth-order valence-electron chi connectivity index (χ4n) is 1.38. The van der Waals surface area contributed by atoms with Crippen LogP contribution in [-0.2, 0) is 0 Å². The molecule has 14 heavy (non-hydrogen) atoms. The van der Waals surface area contributed by atoms with E-state index in [1.165, 1.54) is 0 Å². The number of aryl methyl sites for hydroxylation is 1. The zero-order valence-corrected chi connectivity index (χ0v) is 7.82. The average Bonchev–Trinajstić information content (AvgIpc) is 2.05. The molecule has 1 fully saturated rings. The molecule has 0 amide bonds. The van der Waals surface area contributed by atoms with Crippen molar-refractivity contribution in [3.8, 4) is 0 Å². The molecule has 1 aliphatic rings. The van der Waals surface area contributed by atoms with Gasteiger partial charge in [0.25, 0.3) is 0 Å². The van der Waals surface area contributed by atoms with Gasteiger partial charge in [-0.05, 0) is 12.5 Å². The summed E-state index contributed by atoms with van der Waals surface area (Å²) < 4.78 is 24.3. The first-order valence-electron chi connectivity index (χ1n) is 4.48. The first-order valence-corrected chi connectivity index (χ1v) is 4.48. The van der Waals surface area contributed by atoms with Gasteiger partial charge in [-0.1, -0.05) is 0 Å². The van der Waals surface area contributed by atoms with Gasteiger partial charge in [-0.3, -0.25) is 0 Å². The molecule has 0 saturated carbocycles. The summed E-state index contributed by atoms with van der Waals surface area (Å²) in [5, 5.41) is 0. The maximum absolute atomic E-state index is 12.2. The second-order valence-corrected chi connectivity index (χ2v) is 3.56. The van der Waals surface area contributed by atoms with Gasteiger partial charge < -0.3 is 4.90 Å². The maximum atomic E-state index is 12.2. The minimum Gasteiger partial charge on any atom is -0.340 e. The Morgan fingerprint density at radius 1 is 1.36 bits per heavy atom. The van der Waals surface area contributed by atoms with Crippen LogP contribution in [0.5, 0.6) is 0 Å². The number of nitrogens with zero attached hydrogens (tertiary/aromatic N) is 3. The molecule has 0 N–H and O–H groups in total.